The van der Waals surface area contributed by atoms with Crippen molar-refractivity contribution < 1.29 is 13.2 Å². The predicted molar refractivity (Wildman–Crippen MR) is 155 cm³/mol. The number of carbonyl (C=O) groups excluding carboxylic acids is 1. The van der Waals surface area contributed by atoms with Gasteiger partial charge in [0.05, 0.1) is 10.6 Å². The molecular weight excluding hydrogens is 508 g/mol. The third-order valence-corrected chi connectivity index (χ3v) is 8.21. The third kappa shape index (κ3) is 6.42. The first-order chi connectivity index (χ1) is 18.9. The Hall–Kier alpha value is -4.27. The second-order valence-corrected chi connectivity index (χ2v) is 11.1. The second-order valence-electron chi connectivity index (χ2n) is 9.38. The van der Waals surface area contributed by atoms with Gasteiger partial charge in [0.25, 0.3) is 0 Å². The van der Waals surface area contributed by atoms with E-state index in [2.05, 4.69) is 20.3 Å². The Morgan fingerprint density at radius 3 is 2.56 bits per heavy atom. The molecule has 3 aromatic carbocycles. The Labute approximate surface area is 229 Å². The molecule has 0 bridgehead atoms. The minimum absolute atomic E-state index is 0.262. The number of carbonyl (C=O) groups is 1. The van der Waals surface area contributed by atoms with Gasteiger partial charge in [0.2, 0.25) is 15.9 Å². The van der Waals surface area contributed by atoms with Crippen LogP contribution in [-0.4, -0.2) is 19.3 Å². The van der Waals surface area contributed by atoms with Crippen LogP contribution in [0.3, 0.4) is 0 Å². The van der Waals surface area contributed by atoms with Crippen molar-refractivity contribution in [2.24, 2.45) is 0 Å². The number of sulfonamides is 1. The van der Waals surface area contributed by atoms with E-state index in [-0.39, 0.29) is 16.8 Å². The van der Waals surface area contributed by atoms with Gasteiger partial charge in [0.1, 0.15) is 0 Å². The monoisotopic (exact) mass is 538 g/mol. The number of benzene rings is 3. The number of nitrogens with one attached hydrogen (secondary N) is 3. The number of amides is 1. The summed E-state index contributed by atoms with van der Waals surface area (Å²) in [5, 5.41) is 6.16. The molecule has 0 saturated carbocycles. The van der Waals surface area contributed by atoms with E-state index in [9.17, 15) is 13.2 Å². The lowest BCUT2D eigenvalue weighted by atomic mass is 10.1. The number of nitrogens with zero attached hydrogens (tertiary/aromatic N) is 1. The van der Waals surface area contributed by atoms with E-state index in [0.717, 1.165) is 40.8 Å². The number of aryl methyl sites for hydroxylation is 2. The first-order valence-electron chi connectivity index (χ1n) is 12.9. The van der Waals surface area contributed by atoms with Gasteiger partial charge in [-0.3, -0.25) is 4.79 Å². The van der Waals surface area contributed by atoms with Crippen molar-refractivity contribution in [3.8, 4) is 0 Å². The Morgan fingerprint density at radius 2 is 1.79 bits per heavy atom. The molecule has 8 heteroatoms. The van der Waals surface area contributed by atoms with Crippen molar-refractivity contribution in [1.82, 2.24) is 9.71 Å². The van der Waals surface area contributed by atoms with E-state index in [0.29, 0.717) is 17.9 Å². The largest absolute Gasteiger partial charge is 0.338 e. The van der Waals surface area contributed by atoms with E-state index in [4.69, 9.17) is 0 Å². The summed E-state index contributed by atoms with van der Waals surface area (Å²) in [6, 6.07) is 25.7. The van der Waals surface area contributed by atoms with Crippen molar-refractivity contribution >= 4 is 39.2 Å². The smallest absolute Gasteiger partial charge is 0.248 e. The van der Waals surface area contributed by atoms with Crippen LogP contribution in [0.4, 0.5) is 17.2 Å². The lowest BCUT2D eigenvalue weighted by Gasteiger charge is -2.17. The highest BCUT2D eigenvalue weighted by Crippen LogP contribution is 2.35. The molecule has 0 saturated heterocycles. The Balaban J connectivity index is 1.30. The van der Waals surface area contributed by atoms with Gasteiger partial charge in [-0.05, 0) is 84.0 Å². The molecule has 1 aromatic heterocycles. The van der Waals surface area contributed by atoms with Gasteiger partial charge in [-0.2, -0.15) is 0 Å². The maximum atomic E-state index is 13.1. The summed E-state index contributed by atoms with van der Waals surface area (Å²) in [5.41, 5.74) is 5.34. The maximum Gasteiger partial charge on any atom is 0.248 e. The van der Waals surface area contributed by atoms with Gasteiger partial charge in [0.15, 0.2) is 5.82 Å². The Morgan fingerprint density at radius 1 is 1.00 bits per heavy atom. The molecule has 7 nitrogen and oxygen atoms in total. The van der Waals surface area contributed by atoms with E-state index in [1.807, 2.05) is 67.6 Å². The summed E-state index contributed by atoms with van der Waals surface area (Å²) < 4.78 is 29.0. The SMILES string of the molecule is CCc1ccc(S(=O)(=O)NC2CCc3ccc(Nc4ncccc4NC(=O)C=Cc4ccccc4)cc32)cc1. The van der Waals surface area contributed by atoms with Crippen LogP contribution in [0, 0.1) is 0 Å². The van der Waals surface area contributed by atoms with E-state index >= 15 is 0 Å². The fourth-order valence-corrected chi connectivity index (χ4v) is 5.86. The molecule has 3 N–H and O–H groups in total. The molecule has 0 spiro atoms. The zero-order chi connectivity index (χ0) is 27.2. The predicted octanol–water partition coefficient (Wildman–Crippen LogP) is 6.01. The molecule has 39 heavy (non-hydrogen) atoms. The number of aromatic nitrogens is 1. The molecule has 1 unspecified atom stereocenters. The molecule has 0 radical (unpaired) electrons. The van der Waals surface area contributed by atoms with E-state index in [1.54, 1.807) is 36.5 Å². The zero-order valence-electron chi connectivity index (χ0n) is 21.6. The average Bonchev–Trinajstić information content (AvgIpc) is 3.34. The van der Waals surface area contributed by atoms with Crippen LogP contribution < -0.4 is 15.4 Å². The average molecular weight is 539 g/mol. The van der Waals surface area contributed by atoms with Crippen LogP contribution in [0.25, 0.3) is 6.08 Å². The van der Waals surface area contributed by atoms with Crippen molar-refractivity contribution in [2.45, 2.75) is 37.1 Å². The Kier molecular flexibility index (Phi) is 7.86. The normalized spacial score (nSPS) is 14.7. The molecule has 0 aliphatic heterocycles. The quantitative estimate of drug-likeness (QED) is 0.227. The van der Waals surface area contributed by atoms with Gasteiger partial charge in [-0.15, -0.1) is 0 Å². The van der Waals surface area contributed by atoms with Crippen LogP contribution in [-0.2, 0) is 27.7 Å². The summed E-state index contributed by atoms with van der Waals surface area (Å²) in [6.07, 6.45) is 7.20. The van der Waals surface area contributed by atoms with Crippen LogP contribution in [0.1, 0.15) is 41.6 Å². The second kappa shape index (κ2) is 11.6. The summed E-state index contributed by atoms with van der Waals surface area (Å²) in [5.74, 6) is 0.218. The molecule has 1 heterocycles. The fourth-order valence-electron chi connectivity index (χ4n) is 4.62. The highest BCUT2D eigenvalue weighted by Gasteiger charge is 2.28. The van der Waals surface area contributed by atoms with Crippen LogP contribution >= 0.6 is 0 Å². The highest BCUT2D eigenvalue weighted by atomic mass is 32.2. The molecule has 0 fully saturated rings. The van der Waals surface area contributed by atoms with Crippen molar-refractivity contribution in [1.29, 1.82) is 0 Å². The van der Waals surface area contributed by atoms with Crippen LogP contribution in [0.5, 0.6) is 0 Å². The lowest BCUT2D eigenvalue weighted by molar-refractivity contribution is -0.111. The number of pyridine rings is 1. The van der Waals surface area contributed by atoms with Crippen molar-refractivity contribution in [2.75, 3.05) is 10.6 Å². The standard InChI is InChI=1S/C31H30N4O3S/c1-2-22-10-16-26(17-11-22)39(37,38)35-28-18-14-24-13-15-25(21-27(24)28)33-31-29(9-6-20-32-31)34-30(36)19-12-23-7-4-3-5-8-23/h3-13,15-17,19-21,28,35H,2,14,18H2,1H3,(H,32,33)(H,34,36). The number of anilines is 3. The topological polar surface area (TPSA) is 100 Å². The van der Waals surface area contributed by atoms with E-state index < -0.39 is 10.0 Å². The van der Waals surface area contributed by atoms with Crippen molar-refractivity contribution in [3.63, 3.8) is 0 Å². The molecule has 5 rings (SSSR count). The molecule has 1 aliphatic carbocycles. The molecule has 198 valence electrons. The molecule has 1 atom stereocenters. The van der Waals surface area contributed by atoms with Gasteiger partial charge < -0.3 is 10.6 Å². The number of hydrogen-bond donors (Lipinski definition) is 3. The molecule has 1 amide bonds. The van der Waals surface area contributed by atoms with Crippen molar-refractivity contribution in [3.05, 3.63) is 119 Å². The summed E-state index contributed by atoms with van der Waals surface area (Å²) in [7, 11) is -3.67. The van der Waals surface area contributed by atoms with Gasteiger partial charge >= 0.3 is 0 Å². The Bertz CT molecular complexity index is 1600. The minimum atomic E-state index is -3.67. The van der Waals surface area contributed by atoms with E-state index in [1.165, 1.54) is 6.08 Å². The maximum absolute atomic E-state index is 13.1. The van der Waals surface area contributed by atoms with Crippen LogP contribution in [0.15, 0.2) is 102 Å². The molecular formula is C31H30N4O3S. The zero-order valence-corrected chi connectivity index (χ0v) is 22.4. The fraction of sp³-hybridized carbons (Fsp3) is 0.161. The first kappa shape index (κ1) is 26.3. The molecule has 4 aromatic rings. The van der Waals surface area contributed by atoms with Crippen LogP contribution in [0.2, 0.25) is 0 Å². The summed E-state index contributed by atoms with van der Waals surface area (Å²) >= 11 is 0. The summed E-state index contributed by atoms with van der Waals surface area (Å²) in [4.78, 5) is 17.2. The number of hydrogen-bond acceptors (Lipinski definition) is 5. The number of fused-ring (bicyclic) bond motifs is 1. The van der Waals surface area contributed by atoms with Gasteiger partial charge in [-0.25, -0.2) is 18.1 Å². The lowest BCUT2D eigenvalue weighted by Crippen LogP contribution is -2.27. The minimum Gasteiger partial charge on any atom is -0.338 e. The first-order valence-corrected chi connectivity index (χ1v) is 14.4. The third-order valence-electron chi connectivity index (χ3n) is 6.72. The highest BCUT2D eigenvalue weighted by molar-refractivity contribution is 7.89. The number of rotatable bonds is 9. The summed E-state index contributed by atoms with van der Waals surface area (Å²) in [6.45, 7) is 2.04. The molecule has 1 aliphatic rings. The van der Waals surface area contributed by atoms with Gasteiger partial charge in [-0.1, -0.05) is 55.5 Å². The van der Waals surface area contributed by atoms with Gasteiger partial charge in [0, 0.05) is 24.0 Å².